The standard InChI is InChI=1S/C21H17ClN2O4S2/c1-13-9-14(2)11-15(10-13)24-21(26)23(12-17(25)18-7-8-20(22)29-18)16-5-3-4-6-19(16)30(24,27)28/h3-11H,12H2,1-2H3. The lowest BCUT2D eigenvalue weighted by atomic mass is 10.1. The SMILES string of the molecule is Cc1cc(C)cc(N2C(=O)N(CC(=O)c3ccc(Cl)s3)c3ccccc3S2(=O)=O)c1. The molecule has 0 unspecified atom stereocenters. The van der Waals surface area contributed by atoms with Crippen LogP contribution in [0.5, 0.6) is 0 Å². The van der Waals surface area contributed by atoms with Crippen molar-refractivity contribution in [1.29, 1.82) is 0 Å². The number of fused-ring (bicyclic) bond motifs is 1. The number of aryl methyl sites for hydroxylation is 2. The van der Waals surface area contributed by atoms with Crippen LogP contribution in [-0.2, 0) is 10.0 Å². The summed E-state index contributed by atoms with van der Waals surface area (Å²) in [7, 11) is -4.14. The van der Waals surface area contributed by atoms with Crippen molar-refractivity contribution >= 4 is 56.2 Å². The average molecular weight is 461 g/mol. The zero-order valence-electron chi connectivity index (χ0n) is 16.1. The summed E-state index contributed by atoms with van der Waals surface area (Å²) in [5, 5.41) is 0. The number of thiophene rings is 1. The molecule has 0 N–H and O–H groups in total. The molecule has 0 fully saturated rings. The van der Waals surface area contributed by atoms with Crippen molar-refractivity contribution < 1.29 is 18.0 Å². The number of sulfonamides is 1. The number of rotatable bonds is 4. The van der Waals surface area contributed by atoms with E-state index in [1.807, 2.05) is 19.9 Å². The molecule has 0 saturated heterocycles. The van der Waals surface area contributed by atoms with E-state index in [2.05, 4.69) is 0 Å². The van der Waals surface area contributed by atoms with Crippen molar-refractivity contribution in [2.24, 2.45) is 0 Å². The molecule has 0 bridgehead atoms. The Bertz CT molecular complexity index is 1260. The van der Waals surface area contributed by atoms with E-state index in [0.29, 0.717) is 9.21 Å². The fraction of sp³-hybridized carbons (Fsp3) is 0.143. The molecule has 154 valence electrons. The second-order valence-electron chi connectivity index (χ2n) is 6.98. The number of hydrogen-bond donors (Lipinski definition) is 0. The Hall–Kier alpha value is -2.68. The molecule has 1 aliphatic heterocycles. The first-order valence-electron chi connectivity index (χ1n) is 9.01. The molecule has 3 aromatic rings. The summed E-state index contributed by atoms with van der Waals surface area (Å²) < 4.78 is 27.9. The van der Waals surface area contributed by atoms with Gasteiger partial charge in [0.1, 0.15) is 4.90 Å². The van der Waals surface area contributed by atoms with Crippen LogP contribution in [0.2, 0.25) is 4.34 Å². The number of para-hydroxylation sites is 1. The normalized spacial score (nSPS) is 15.2. The minimum Gasteiger partial charge on any atom is -0.291 e. The van der Waals surface area contributed by atoms with Crippen molar-refractivity contribution in [3.05, 3.63) is 74.9 Å². The second kappa shape index (κ2) is 7.54. The summed E-state index contributed by atoms with van der Waals surface area (Å²) in [5.74, 6) is -0.324. The number of benzene rings is 2. The third kappa shape index (κ3) is 3.51. The predicted molar refractivity (Wildman–Crippen MR) is 118 cm³/mol. The second-order valence-corrected chi connectivity index (χ2v) is 10.4. The van der Waals surface area contributed by atoms with E-state index in [-0.39, 0.29) is 28.6 Å². The fourth-order valence-electron chi connectivity index (χ4n) is 3.47. The number of ketones is 1. The molecular weight excluding hydrogens is 444 g/mol. The molecule has 9 heteroatoms. The highest BCUT2D eigenvalue weighted by molar-refractivity contribution is 7.94. The molecule has 1 aromatic heterocycles. The van der Waals surface area contributed by atoms with Crippen LogP contribution >= 0.6 is 22.9 Å². The number of carbonyl (C=O) groups is 2. The van der Waals surface area contributed by atoms with Crippen molar-refractivity contribution in [3.63, 3.8) is 0 Å². The first-order chi connectivity index (χ1) is 14.2. The van der Waals surface area contributed by atoms with Gasteiger partial charge in [0.05, 0.1) is 27.1 Å². The van der Waals surface area contributed by atoms with Crippen LogP contribution in [-0.4, -0.2) is 26.8 Å². The molecule has 0 spiro atoms. The summed E-state index contributed by atoms with van der Waals surface area (Å²) in [6, 6.07) is 13.7. The van der Waals surface area contributed by atoms with Gasteiger partial charge in [0.2, 0.25) is 0 Å². The van der Waals surface area contributed by atoms with Crippen LogP contribution in [0.4, 0.5) is 16.2 Å². The third-order valence-corrected chi connectivity index (χ3v) is 7.69. The molecule has 30 heavy (non-hydrogen) atoms. The van der Waals surface area contributed by atoms with Gasteiger partial charge in [0, 0.05) is 0 Å². The average Bonchev–Trinajstić information content (AvgIpc) is 3.11. The first kappa shape index (κ1) is 20.6. The van der Waals surface area contributed by atoms with Gasteiger partial charge >= 0.3 is 6.03 Å². The Morgan fingerprint density at radius 2 is 1.70 bits per heavy atom. The Balaban J connectivity index is 1.84. The number of urea groups is 1. The zero-order valence-corrected chi connectivity index (χ0v) is 18.5. The van der Waals surface area contributed by atoms with Crippen LogP contribution in [0.1, 0.15) is 20.8 Å². The van der Waals surface area contributed by atoms with E-state index in [1.54, 1.807) is 36.4 Å². The smallest absolute Gasteiger partial charge is 0.291 e. The fourth-order valence-corrected chi connectivity index (χ4v) is 6.02. The molecule has 0 aliphatic carbocycles. The van der Waals surface area contributed by atoms with Crippen LogP contribution in [0, 0.1) is 13.8 Å². The van der Waals surface area contributed by atoms with Crippen molar-refractivity contribution in [2.45, 2.75) is 18.7 Å². The van der Waals surface area contributed by atoms with Crippen LogP contribution in [0.25, 0.3) is 0 Å². The molecule has 4 rings (SSSR count). The Morgan fingerprint density at radius 3 is 2.33 bits per heavy atom. The lowest BCUT2D eigenvalue weighted by Crippen LogP contribution is -2.52. The molecular formula is C21H17ClN2O4S2. The maximum absolute atomic E-state index is 13.4. The first-order valence-corrected chi connectivity index (χ1v) is 11.6. The molecule has 2 aromatic carbocycles. The molecule has 0 radical (unpaired) electrons. The molecule has 2 heterocycles. The van der Waals surface area contributed by atoms with Crippen LogP contribution in [0.3, 0.4) is 0 Å². The maximum Gasteiger partial charge on any atom is 0.343 e. The van der Waals surface area contributed by atoms with Crippen molar-refractivity contribution in [1.82, 2.24) is 0 Å². The zero-order chi connectivity index (χ0) is 21.6. The van der Waals surface area contributed by atoms with Crippen LogP contribution in [0.15, 0.2) is 59.5 Å². The summed E-state index contributed by atoms with van der Waals surface area (Å²) >= 11 is 7.04. The summed E-state index contributed by atoms with van der Waals surface area (Å²) in [6.45, 7) is 3.35. The molecule has 1 aliphatic rings. The summed E-state index contributed by atoms with van der Waals surface area (Å²) in [6.07, 6.45) is 0. The van der Waals surface area contributed by atoms with Gasteiger partial charge in [-0.25, -0.2) is 13.2 Å². The molecule has 0 atom stereocenters. The number of anilines is 2. The summed E-state index contributed by atoms with van der Waals surface area (Å²) in [4.78, 5) is 27.8. The number of hydrogen-bond acceptors (Lipinski definition) is 5. The van der Waals surface area contributed by atoms with Gasteiger partial charge in [0.15, 0.2) is 5.78 Å². The van der Waals surface area contributed by atoms with Crippen molar-refractivity contribution in [3.8, 4) is 0 Å². The largest absolute Gasteiger partial charge is 0.343 e. The van der Waals surface area contributed by atoms with E-state index in [1.165, 1.54) is 17.0 Å². The lowest BCUT2D eigenvalue weighted by molar-refractivity contribution is 0.100. The van der Waals surface area contributed by atoms with Gasteiger partial charge in [-0.05, 0) is 61.4 Å². The highest BCUT2D eigenvalue weighted by atomic mass is 35.5. The highest BCUT2D eigenvalue weighted by Crippen LogP contribution is 2.38. The van der Waals surface area contributed by atoms with Gasteiger partial charge < -0.3 is 0 Å². The number of nitrogens with zero attached hydrogens (tertiary/aromatic N) is 2. The van der Waals surface area contributed by atoms with Gasteiger partial charge in [-0.3, -0.25) is 9.69 Å². The number of halogens is 1. The minimum absolute atomic E-state index is 0.0271. The van der Waals surface area contributed by atoms with Gasteiger partial charge in [-0.2, -0.15) is 4.31 Å². The quantitative estimate of drug-likeness (QED) is 0.511. The van der Waals surface area contributed by atoms with Gasteiger partial charge in [-0.15, -0.1) is 11.3 Å². The van der Waals surface area contributed by atoms with E-state index < -0.39 is 16.1 Å². The molecule has 2 amide bonds. The van der Waals surface area contributed by atoms with Crippen molar-refractivity contribution in [2.75, 3.05) is 15.7 Å². The number of carbonyl (C=O) groups excluding carboxylic acids is 2. The third-order valence-electron chi connectivity index (χ3n) is 4.67. The number of Topliss-reactive ketones (excluding diaryl/α,β-unsaturated/α-hetero) is 1. The van der Waals surface area contributed by atoms with E-state index >= 15 is 0 Å². The lowest BCUT2D eigenvalue weighted by Gasteiger charge is -2.36. The molecule has 6 nitrogen and oxygen atoms in total. The van der Waals surface area contributed by atoms with Gasteiger partial charge in [0.25, 0.3) is 10.0 Å². The van der Waals surface area contributed by atoms with Gasteiger partial charge in [-0.1, -0.05) is 29.8 Å². The van der Waals surface area contributed by atoms with E-state index in [0.717, 1.165) is 26.8 Å². The van der Waals surface area contributed by atoms with Crippen LogP contribution < -0.4 is 9.21 Å². The number of amides is 2. The predicted octanol–water partition coefficient (Wildman–Crippen LogP) is 5.04. The molecule has 0 saturated carbocycles. The monoisotopic (exact) mass is 460 g/mol. The maximum atomic E-state index is 13.4. The Kier molecular flexibility index (Phi) is 5.17. The van der Waals surface area contributed by atoms with E-state index in [9.17, 15) is 18.0 Å². The minimum atomic E-state index is -4.14. The van der Waals surface area contributed by atoms with E-state index in [4.69, 9.17) is 11.6 Å². The topological polar surface area (TPSA) is 74.8 Å². The Labute approximate surface area is 183 Å². The highest BCUT2D eigenvalue weighted by Gasteiger charge is 2.43. The summed E-state index contributed by atoms with van der Waals surface area (Å²) in [5.41, 5.74) is 2.06. The Morgan fingerprint density at radius 1 is 1.03 bits per heavy atom.